The summed E-state index contributed by atoms with van der Waals surface area (Å²) in [5, 5.41) is 10.9. The number of hydrogen-bond donors (Lipinski definition) is 1. The minimum atomic E-state index is -0.933. The van der Waals surface area contributed by atoms with Crippen molar-refractivity contribution in [2.24, 2.45) is 0 Å². The zero-order chi connectivity index (χ0) is 24.3. The van der Waals surface area contributed by atoms with Gasteiger partial charge in [0.1, 0.15) is 6.10 Å². The maximum Gasteiger partial charge on any atom is 0.338 e. The zero-order valence-electron chi connectivity index (χ0n) is 20.5. The first kappa shape index (κ1) is 26.7. The van der Waals surface area contributed by atoms with Crippen LogP contribution in [0.5, 0.6) is 0 Å². The van der Waals surface area contributed by atoms with Gasteiger partial charge in [-0.2, -0.15) is 0 Å². The molecule has 0 bridgehead atoms. The molecule has 5 nitrogen and oxygen atoms in total. The van der Waals surface area contributed by atoms with E-state index in [0.29, 0.717) is 12.2 Å². The predicted octanol–water partition coefficient (Wildman–Crippen LogP) is 6.16. The number of aryl methyl sites for hydroxylation is 1. The number of carbonyl (C=O) groups excluding carboxylic acids is 1. The minimum absolute atomic E-state index is 0.424. The summed E-state index contributed by atoms with van der Waals surface area (Å²) in [6.45, 7) is 6.65. The molecular formula is C28H38O5S. The average molecular weight is 487 g/mol. The van der Waals surface area contributed by atoms with Crippen LogP contribution in [-0.2, 0) is 14.2 Å². The number of aliphatic hydroxyl groups excluding tert-OH is 1. The summed E-state index contributed by atoms with van der Waals surface area (Å²) < 4.78 is 18.0. The van der Waals surface area contributed by atoms with Crippen LogP contribution in [0, 0.1) is 6.92 Å². The van der Waals surface area contributed by atoms with Crippen LogP contribution in [0.15, 0.2) is 59.5 Å². The molecule has 0 radical (unpaired) electrons. The molecule has 6 heteroatoms. The van der Waals surface area contributed by atoms with Crippen LogP contribution < -0.4 is 0 Å². The summed E-state index contributed by atoms with van der Waals surface area (Å²) in [4.78, 5) is 13.7. The molecule has 1 aliphatic heterocycles. The molecule has 1 N–H and O–H groups in total. The van der Waals surface area contributed by atoms with Crippen molar-refractivity contribution < 1.29 is 24.1 Å². The number of thioether (sulfide) groups is 1. The summed E-state index contributed by atoms with van der Waals surface area (Å²) in [6.07, 6.45) is 4.26. The van der Waals surface area contributed by atoms with Crippen molar-refractivity contribution in [3.8, 4) is 0 Å². The van der Waals surface area contributed by atoms with Crippen molar-refractivity contribution in [2.75, 3.05) is 6.61 Å². The average Bonchev–Trinajstić information content (AvgIpc) is 2.85. The Kier molecular flexibility index (Phi) is 10.9. The van der Waals surface area contributed by atoms with E-state index in [1.807, 2.05) is 44.2 Å². The molecule has 0 amide bonds. The molecule has 1 aliphatic rings. The quantitative estimate of drug-likeness (QED) is 0.286. The summed E-state index contributed by atoms with van der Waals surface area (Å²) >= 11 is 1.50. The van der Waals surface area contributed by atoms with Crippen molar-refractivity contribution in [1.82, 2.24) is 0 Å². The maximum atomic E-state index is 12.7. The van der Waals surface area contributed by atoms with Gasteiger partial charge < -0.3 is 19.3 Å². The van der Waals surface area contributed by atoms with Crippen molar-refractivity contribution in [1.29, 1.82) is 0 Å². The van der Waals surface area contributed by atoms with E-state index >= 15 is 0 Å². The summed E-state index contributed by atoms with van der Waals surface area (Å²) in [6, 6.07) is 17.0. The van der Waals surface area contributed by atoms with Gasteiger partial charge in [0.25, 0.3) is 0 Å². The van der Waals surface area contributed by atoms with Gasteiger partial charge in [-0.3, -0.25) is 0 Å². The van der Waals surface area contributed by atoms with Crippen molar-refractivity contribution in [3.63, 3.8) is 0 Å². The second kappa shape index (κ2) is 13.9. The lowest BCUT2D eigenvalue weighted by Crippen LogP contribution is -2.57. The molecule has 186 valence electrons. The molecule has 0 aromatic heterocycles. The Hall–Kier alpha value is -1.86. The number of unbranched alkanes of at least 4 members (excludes halogenated alkanes) is 5. The van der Waals surface area contributed by atoms with Gasteiger partial charge in [0.15, 0.2) is 12.4 Å². The van der Waals surface area contributed by atoms with Crippen LogP contribution in [0.3, 0.4) is 0 Å². The molecule has 1 heterocycles. The highest BCUT2D eigenvalue weighted by Crippen LogP contribution is 2.37. The van der Waals surface area contributed by atoms with E-state index in [-0.39, 0.29) is 0 Å². The lowest BCUT2D eigenvalue weighted by atomic mass is 10.0. The Labute approximate surface area is 208 Å². The SMILES string of the molecule is CCCCCCCCO[C@@H]1O[C@H](C)[C@@H](OC(=O)c2ccccc2)[C@H](O)[C@H]1Sc1ccc(C)cc1. The fraction of sp³-hybridized carbons (Fsp3) is 0.536. The van der Waals surface area contributed by atoms with Crippen LogP contribution in [0.25, 0.3) is 0 Å². The van der Waals surface area contributed by atoms with Gasteiger partial charge in [0.05, 0.1) is 16.9 Å². The maximum absolute atomic E-state index is 12.7. The topological polar surface area (TPSA) is 65.0 Å². The van der Waals surface area contributed by atoms with Crippen LogP contribution in [0.1, 0.15) is 68.3 Å². The molecule has 2 aromatic carbocycles. The molecule has 0 saturated carbocycles. The van der Waals surface area contributed by atoms with E-state index in [1.165, 1.54) is 43.0 Å². The standard InChI is InChI=1S/C28H38O5S/c1-4-5-6-7-8-12-19-31-28-26(34-23-17-15-20(2)16-18-23)24(29)25(21(3)32-28)33-27(30)22-13-10-9-11-14-22/h9-11,13-18,21,24-26,28-29H,4-8,12,19H2,1-3H3/t21-,24+,25-,26-,28-/m1/s1. The van der Waals surface area contributed by atoms with Gasteiger partial charge >= 0.3 is 5.97 Å². The lowest BCUT2D eigenvalue weighted by molar-refractivity contribution is -0.241. The third-order valence-electron chi connectivity index (χ3n) is 6.08. The van der Waals surface area contributed by atoms with Crippen LogP contribution in [0.4, 0.5) is 0 Å². The number of hydrogen-bond acceptors (Lipinski definition) is 6. The lowest BCUT2D eigenvalue weighted by Gasteiger charge is -2.42. The molecule has 1 fully saturated rings. The largest absolute Gasteiger partial charge is 0.453 e. The fourth-order valence-electron chi connectivity index (χ4n) is 4.04. The van der Waals surface area contributed by atoms with E-state index in [4.69, 9.17) is 14.2 Å². The zero-order valence-corrected chi connectivity index (χ0v) is 21.3. The first-order valence-electron chi connectivity index (χ1n) is 12.4. The third-order valence-corrected chi connectivity index (χ3v) is 7.40. The molecule has 0 aliphatic carbocycles. The fourth-order valence-corrected chi connectivity index (χ4v) is 5.19. The first-order valence-corrected chi connectivity index (χ1v) is 13.3. The van der Waals surface area contributed by atoms with Gasteiger partial charge in [-0.05, 0) is 44.5 Å². The Morgan fingerprint density at radius 2 is 1.68 bits per heavy atom. The number of carbonyl (C=O) groups is 1. The number of aliphatic hydroxyl groups is 1. The van der Waals surface area contributed by atoms with E-state index in [2.05, 4.69) is 6.92 Å². The predicted molar refractivity (Wildman–Crippen MR) is 136 cm³/mol. The Balaban J connectivity index is 1.66. The first-order chi connectivity index (χ1) is 16.5. The number of rotatable bonds is 12. The molecule has 34 heavy (non-hydrogen) atoms. The monoisotopic (exact) mass is 486 g/mol. The normalized spacial score (nSPS) is 24.6. The van der Waals surface area contributed by atoms with E-state index < -0.39 is 35.8 Å². The Bertz CT molecular complexity index is 857. The Morgan fingerprint density at radius 1 is 1.00 bits per heavy atom. The minimum Gasteiger partial charge on any atom is -0.453 e. The van der Waals surface area contributed by atoms with Gasteiger partial charge in [-0.15, -0.1) is 11.8 Å². The molecule has 3 rings (SSSR count). The van der Waals surface area contributed by atoms with E-state index in [9.17, 15) is 9.90 Å². The van der Waals surface area contributed by atoms with Crippen molar-refractivity contribution >= 4 is 17.7 Å². The smallest absolute Gasteiger partial charge is 0.338 e. The molecule has 1 saturated heterocycles. The van der Waals surface area contributed by atoms with Crippen LogP contribution >= 0.6 is 11.8 Å². The van der Waals surface area contributed by atoms with Gasteiger partial charge in [-0.25, -0.2) is 4.79 Å². The summed E-state index contributed by atoms with van der Waals surface area (Å²) in [5.41, 5.74) is 1.62. The second-order valence-corrected chi connectivity index (χ2v) is 10.2. The summed E-state index contributed by atoms with van der Waals surface area (Å²) in [7, 11) is 0. The van der Waals surface area contributed by atoms with Gasteiger partial charge in [-0.1, -0.05) is 74.9 Å². The van der Waals surface area contributed by atoms with E-state index in [0.717, 1.165) is 17.7 Å². The third kappa shape index (κ3) is 7.84. The number of benzene rings is 2. The highest BCUT2D eigenvalue weighted by atomic mass is 32.2. The molecule has 5 atom stereocenters. The van der Waals surface area contributed by atoms with Crippen molar-refractivity contribution in [2.45, 2.75) is 94.0 Å². The molecular weight excluding hydrogens is 448 g/mol. The Morgan fingerprint density at radius 3 is 2.38 bits per heavy atom. The molecule has 0 unspecified atom stereocenters. The molecule has 2 aromatic rings. The molecule has 0 spiro atoms. The number of esters is 1. The van der Waals surface area contributed by atoms with Gasteiger partial charge in [0.2, 0.25) is 0 Å². The number of ether oxygens (including phenoxy) is 3. The van der Waals surface area contributed by atoms with Gasteiger partial charge in [0, 0.05) is 11.5 Å². The van der Waals surface area contributed by atoms with E-state index in [1.54, 1.807) is 24.3 Å². The van der Waals surface area contributed by atoms with Crippen LogP contribution in [-0.4, -0.2) is 47.5 Å². The van der Waals surface area contributed by atoms with Crippen LogP contribution in [0.2, 0.25) is 0 Å². The van der Waals surface area contributed by atoms with Crippen molar-refractivity contribution in [3.05, 3.63) is 65.7 Å². The summed E-state index contributed by atoms with van der Waals surface area (Å²) in [5.74, 6) is -0.467. The highest BCUT2D eigenvalue weighted by molar-refractivity contribution is 8.00. The second-order valence-electron chi connectivity index (χ2n) is 8.97. The highest BCUT2D eigenvalue weighted by Gasteiger charge is 2.46.